The van der Waals surface area contributed by atoms with Gasteiger partial charge in [0.1, 0.15) is 5.76 Å². The first-order chi connectivity index (χ1) is 7.74. The van der Waals surface area contributed by atoms with Gasteiger partial charge in [-0.05, 0) is 38.1 Å². The second-order valence-electron chi connectivity index (χ2n) is 5.13. The van der Waals surface area contributed by atoms with E-state index in [4.69, 9.17) is 4.42 Å². The molecule has 0 saturated heterocycles. The van der Waals surface area contributed by atoms with E-state index < -0.39 is 0 Å². The van der Waals surface area contributed by atoms with Crippen molar-refractivity contribution in [2.75, 3.05) is 6.54 Å². The number of rotatable bonds is 4. The van der Waals surface area contributed by atoms with Gasteiger partial charge in [0.2, 0.25) is 5.89 Å². The van der Waals surface area contributed by atoms with E-state index in [0.29, 0.717) is 0 Å². The molecule has 0 bridgehead atoms. The molecule has 0 aliphatic heterocycles. The van der Waals surface area contributed by atoms with E-state index in [0.717, 1.165) is 36.6 Å². The van der Waals surface area contributed by atoms with E-state index >= 15 is 0 Å². The smallest absolute Gasteiger partial charge is 0.208 e. The molecule has 3 heteroatoms. The van der Waals surface area contributed by atoms with Crippen molar-refractivity contribution in [2.24, 2.45) is 11.8 Å². The maximum Gasteiger partial charge on any atom is 0.208 e. The Kier molecular flexibility index (Phi) is 3.99. The summed E-state index contributed by atoms with van der Waals surface area (Å²) < 4.78 is 5.42. The van der Waals surface area contributed by atoms with Gasteiger partial charge in [-0.15, -0.1) is 0 Å². The third-order valence-electron chi connectivity index (χ3n) is 3.42. The molecule has 2 unspecified atom stereocenters. The Morgan fingerprint density at radius 2 is 2.38 bits per heavy atom. The maximum absolute atomic E-state index is 5.42. The number of nitrogens with one attached hydrogen (secondary N) is 1. The van der Waals surface area contributed by atoms with Crippen LogP contribution in [-0.2, 0) is 6.54 Å². The standard InChI is InChI=1S/C13H22N2O/c1-10-4-3-5-12(6-10)8-14-9-13-15-7-11(2)16-13/h7,10,12,14H,3-6,8-9H2,1-2H3. The number of aryl methyl sites for hydroxylation is 1. The Balaban J connectivity index is 1.67. The second kappa shape index (κ2) is 5.48. The van der Waals surface area contributed by atoms with E-state index in [1.807, 2.05) is 6.92 Å². The van der Waals surface area contributed by atoms with E-state index in [2.05, 4.69) is 17.2 Å². The van der Waals surface area contributed by atoms with E-state index in [-0.39, 0.29) is 0 Å². The van der Waals surface area contributed by atoms with Crippen LogP contribution in [0.25, 0.3) is 0 Å². The lowest BCUT2D eigenvalue weighted by molar-refractivity contribution is 0.271. The highest BCUT2D eigenvalue weighted by atomic mass is 16.4. The van der Waals surface area contributed by atoms with Crippen LogP contribution in [0, 0.1) is 18.8 Å². The number of nitrogens with zero attached hydrogens (tertiary/aromatic N) is 1. The van der Waals surface area contributed by atoms with Gasteiger partial charge in [-0.3, -0.25) is 0 Å². The Morgan fingerprint density at radius 3 is 3.06 bits per heavy atom. The van der Waals surface area contributed by atoms with Crippen LogP contribution in [0.15, 0.2) is 10.6 Å². The minimum absolute atomic E-state index is 0.763. The molecule has 16 heavy (non-hydrogen) atoms. The summed E-state index contributed by atoms with van der Waals surface area (Å²) in [6.07, 6.45) is 7.33. The normalized spacial score (nSPS) is 25.9. The average Bonchev–Trinajstić information content (AvgIpc) is 2.64. The number of hydrogen-bond acceptors (Lipinski definition) is 3. The molecule has 2 rings (SSSR count). The highest BCUT2D eigenvalue weighted by molar-refractivity contribution is 4.90. The lowest BCUT2D eigenvalue weighted by atomic mass is 9.82. The number of aromatic nitrogens is 1. The topological polar surface area (TPSA) is 38.1 Å². The fourth-order valence-electron chi connectivity index (χ4n) is 2.61. The van der Waals surface area contributed by atoms with Crippen LogP contribution in [0.1, 0.15) is 44.3 Å². The molecule has 1 heterocycles. The molecule has 1 N–H and O–H groups in total. The molecular formula is C13H22N2O. The molecule has 90 valence electrons. The molecule has 2 atom stereocenters. The predicted molar refractivity (Wildman–Crippen MR) is 64.1 cm³/mol. The molecule has 1 aliphatic carbocycles. The molecule has 0 aromatic carbocycles. The van der Waals surface area contributed by atoms with Crippen molar-refractivity contribution in [3.05, 3.63) is 17.8 Å². The molecule has 1 fully saturated rings. The first-order valence-electron chi connectivity index (χ1n) is 6.36. The summed E-state index contributed by atoms with van der Waals surface area (Å²) in [6.45, 7) is 6.16. The van der Waals surface area contributed by atoms with E-state index in [1.54, 1.807) is 6.20 Å². The SMILES string of the molecule is Cc1cnc(CNCC2CCCC(C)C2)o1. The van der Waals surface area contributed by atoms with Crippen molar-refractivity contribution in [1.82, 2.24) is 10.3 Å². The predicted octanol–water partition coefficient (Wildman–Crippen LogP) is 2.90. The average molecular weight is 222 g/mol. The van der Waals surface area contributed by atoms with E-state index in [9.17, 15) is 0 Å². The van der Waals surface area contributed by atoms with Gasteiger partial charge in [0, 0.05) is 0 Å². The molecule has 0 spiro atoms. The van der Waals surface area contributed by atoms with Crippen LogP contribution >= 0.6 is 0 Å². The van der Waals surface area contributed by atoms with Gasteiger partial charge in [0.25, 0.3) is 0 Å². The Hall–Kier alpha value is -0.830. The molecule has 3 nitrogen and oxygen atoms in total. The molecule has 0 radical (unpaired) electrons. The van der Waals surface area contributed by atoms with Crippen LogP contribution in [-0.4, -0.2) is 11.5 Å². The quantitative estimate of drug-likeness (QED) is 0.851. The second-order valence-corrected chi connectivity index (χ2v) is 5.13. The fraction of sp³-hybridized carbons (Fsp3) is 0.769. The van der Waals surface area contributed by atoms with Crippen LogP contribution in [0.4, 0.5) is 0 Å². The summed E-state index contributed by atoms with van der Waals surface area (Å²) in [6, 6.07) is 0. The van der Waals surface area contributed by atoms with Crippen molar-refractivity contribution in [2.45, 2.75) is 46.1 Å². The summed E-state index contributed by atoms with van der Waals surface area (Å²) in [7, 11) is 0. The highest BCUT2D eigenvalue weighted by Crippen LogP contribution is 2.27. The lowest BCUT2D eigenvalue weighted by Crippen LogP contribution is -2.26. The summed E-state index contributed by atoms with van der Waals surface area (Å²) >= 11 is 0. The van der Waals surface area contributed by atoms with Crippen LogP contribution in [0.3, 0.4) is 0 Å². The Labute approximate surface area is 97.6 Å². The molecule has 1 aromatic heterocycles. The minimum atomic E-state index is 0.763. The van der Waals surface area contributed by atoms with Gasteiger partial charge < -0.3 is 9.73 Å². The third kappa shape index (κ3) is 3.34. The zero-order valence-corrected chi connectivity index (χ0v) is 10.3. The lowest BCUT2D eigenvalue weighted by Gasteiger charge is -2.26. The first kappa shape index (κ1) is 11.6. The highest BCUT2D eigenvalue weighted by Gasteiger charge is 2.18. The van der Waals surface area contributed by atoms with Gasteiger partial charge in [-0.2, -0.15) is 0 Å². The van der Waals surface area contributed by atoms with Gasteiger partial charge in [0.15, 0.2) is 0 Å². The molecule has 1 saturated carbocycles. The number of hydrogen-bond donors (Lipinski definition) is 1. The van der Waals surface area contributed by atoms with Gasteiger partial charge in [-0.1, -0.05) is 19.8 Å². The van der Waals surface area contributed by atoms with E-state index in [1.165, 1.54) is 25.7 Å². The van der Waals surface area contributed by atoms with Gasteiger partial charge in [-0.25, -0.2) is 4.98 Å². The van der Waals surface area contributed by atoms with Crippen molar-refractivity contribution in [3.63, 3.8) is 0 Å². The zero-order valence-electron chi connectivity index (χ0n) is 10.3. The maximum atomic E-state index is 5.42. The van der Waals surface area contributed by atoms with Crippen LogP contribution in [0.2, 0.25) is 0 Å². The summed E-state index contributed by atoms with van der Waals surface area (Å²) in [5, 5.41) is 3.45. The summed E-state index contributed by atoms with van der Waals surface area (Å²) in [5.74, 6) is 3.45. The largest absolute Gasteiger partial charge is 0.445 e. The van der Waals surface area contributed by atoms with Gasteiger partial charge >= 0.3 is 0 Å². The summed E-state index contributed by atoms with van der Waals surface area (Å²) in [5.41, 5.74) is 0. The third-order valence-corrected chi connectivity index (χ3v) is 3.42. The number of oxazole rings is 1. The van der Waals surface area contributed by atoms with Gasteiger partial charge in [0.05, 0.1) is 12.7 Å². The molecule has 1 aliphatic rings. The zero-order chi connectivity index (χ0) is 11.4. The summed E-state index contributed by atoms with van der Waals surface area (Å²) in [4.78, 5) is 4.18. The van der Waals surface area contributed by atoms with Crippen LogP contribution in [0.5, 0.6) is 0 Å². The minimum Gasteiger partial charge on any atom is -0.445 e. The Bertz CT molecular complexity index is 321. The Morgan fingerprint density at radius 1 is 1.50 bits per heavy atom. The monoisotopic (exact) mass is 222 g/mol. The molecular weight excluding hydrogens is 200 g/mol. The van der Waals surface area contributed by atoms with Crippen molar-refractivity contribution in [1.29, 1.82) is 0 Å². The van der Waals surface area contributed by atoms with Crippen molar-refractivity contribution < 1.29 is 4.42 Å². The molecule has 1 aromatic rings. The van der Waals surface area contributed by atoms with Crippen molar-refractivity contribution in [3.8, 4) is 0 Å². The molecule has 0 amide bonds. The fourth-order valence-corrected chi connectivity index (χ4v) is 2.61. The van der Waals surface area contributed by atoms with Crippen LogP contribution < -0.4 is 5.32 Å². The first-order valence-corrected chi connectivity index (χ1v) is 6.36. The van der Waals surface area contributed by atoms with Crippen molar-refractivity contribution >= 4 is 0 Å².